The monoisotopic (exact) mass is 282 g/mol. The number of rotatable bonds is 5. The van der Waals surface area contributed by atoms with Gasteiger partial charge in [-0.15, -0.1) is 0 Å². The Kier molecular flexibility index (Phi) is 4.29. The van der Waals surface area contributed by atoms with Crippen LogP contribution in [0.3, 0.4) is 0 Å². The first-order valence-electron chi connectivity index (χ1n) is 7.57. The van der Waals surface area contributed by atoms with Crippen molar-refractivity contribution in [3.8, 4) is 5.75 Å². The Balaban J connectivity index is 1.59. The fourth-order valence-electron chi connectivity index (χ4n) is 2.75. The molecule has 0 saturated carbocycles. The van der Waals surface area contributed by atoms with Crippen molar-refractivity contribution in [1.82, 2.24) is 0 Å². The Bertz CT molecular complexity index is 574. The average Bonchev–Trinajstić information content (AvgIpc) is 3.08. The lowest BCUT2D eigenvalue weighted by molar-refractivity contribution is 0.414. The maximum absolute atomic E-state index is 5.25. The molecular formula is C18H22N2O. The summed E-state index contributed by atoms with van der Waals surface area (Å²) < 4.78 is 5.25. The predicted octanol–water partition coefficient (Wildman–Crippen LogP) is 3.91. The maximum Gasteiger partial charge on any atom is 0.119 e. The van der Waals surface area contributed by atoms with Crippen molar-refractivity contribution in [1.29, 1.82) is 0 Å². The quantitative estimate of drug-likeness (QED) is 0.900. The van der Waals surface area contributed by atoms with E-state index in [0.29, 0.717) is 0 Å². The van der Waals surface area contributed by atoms with Crippen LogP contribution in [0.15, 0.2) is 48.5 Å². The van der Waals surface area contributed by atoms with E-state index in [0.717, 1.165) is 18.0 Å². The standard InChI is InChI=1S/C18H22N2O/c1-21-18-6-4-5-15(13-18)14-19-16-7-9-17(10-8-16)20-11-2-3-12-20/h4-10,13,19H,2-3,11-12,14H2,1H3. The molecule has 2 aromatic rings. The zero-order valence-corrected chi connectivity index (χ0v) is 12.5. The normalized spacial score (nSPS) is 14.2. The minimum Gasteiger partial charge on any atom is -0.497 e. The van der Waals surface area contributed by atoms with Crippen LogP contribution in [0, 0.1) is 0 Å². The van der Waals surface area contributed by atoms with Gasteiger partial charge in [-0.3, -0.25) is 0 Å². The molecule has 21 heavy (non-hydrogen) atoms. The van der Waals surface area contributed by atoms with E-state index >= 15 is 0 Å². The molecule has 0 aromatic heterocycles. The van der Waals surface area contributed by atoms with Gasteiger partial charge < -0.3 is 15.0 Å². The number of hydrogen-bond donors (Lipinski definition) is 1. The van der Waals surface area contributed by atoms with E-state index < -0.39 is 0 Å². The summed E-state index contributed by atoms with van der Waals surface area (Å²) in [7, 11) is 1.70. The van der Waals surface area contributed by atoms with Crippen molar-refractivity contribution in [2.45, 2.75) is 19.4 Å². The third kappa shape index (κ3) is 3.48. The molecule has 3 heteroatoms. The van der Waals surface area contributed by atoms with Crippen molar-refractivity contribution in [2.75, 3.05) is 30.4 Å². The number of nitrogens with one attached hydrogen (secondary N) is 1. The molecule has 0 spiro atoms. The van der Waals surface area contributed by atoms with E-state index in [9.17, 15) is 0 Å². The lowest BCUT2D eigenvalue weighted by atomic mass is 10.2. The van der Waals surface area contributed by atoms with Gasteiger partial charge in [0.2, 0.25) is 0 Å². The number of nitrogens with zero attached hydrogens (tertiary/aromatic N) is 1. The first kappa shape index (κ1) is 13.8. The molecule has 1 saturated heterocycles. The Hall–Kier alpha value is -2.16. The van der Waals surface area contributed by atoms with E-state index in [4.69, 9.17) is 4.74 Å². The van der Waals surface area contributed by atoms with Crippen LogP contribution in [0.4, 0.5) is 11.4 Å². The molecule has 1 heterocycles. The lowest BCUT2D eigenvalue weighted by Crippen LogP contribution is -2.17. The van der Waals surface area contributed by atoms with Gasteiger partial charge in [0.05, 0.1) is 7.11 Å². The van der Waals surface area contributed by atoms with Crippen LogP contribution in [0.5, 0.6) is 5.75 Å². The van der Waals surface area contributed by atoms with E-state index in [1.165, 1.54) is 37.2 Å². The Labute approximate surface area is 126 Å². The van der Waals surface area contributed by atoms with Crippen LogP contribution in [-0.2, 0) is 6.54 Å². The van der Waals surface area contributed by atoms with Crippen molar-refractivity contribution >= 4 is 11.4 Å². The third-order valence-electron chi connectivity index (χ3n) is 3.97. The minimum atomic E-state index is 0.806. The highest BCUT2D eigenvalue weighted by molar-refractivity contribution is 5.55. The van der Waals surface area contributed by atoms with E-state index in [-0.39, 0.29) is 0 Å². The van der Waals surface area contributed by atoms with E-state index in [1.54, 1.807) is 7.11 Å². The van der Waals surface area contributed by atoms with Gasteiger partial charge in [-0.05, 0) is 54.8 Å². The van der Waals surface area contributed by atoms with Gasteiger partial charge in [0, 0.05) is 31.0 Å². The Morgan fingerprint density at radius 2 is 1.81 bits per heavy atom. The average molecular weight is 282 g/mol. The van der Waals surface area contributed by atoms with Gasteiger partial charge in [-0.25, -0.2) is 0 Å². The maximum atomic E-state index is 5.25. The molecule has 1 fully saturated rings. The molecule has 1 aliphatic heterocycles. The fourth-order valence-corrected chi connectivity index (χ4v) is 2.75. The van der Waals surface area contributed by atoms with Gasteiger partial charge in [-0.2, -0.15) is 0 Å². The summed E-state index contributed by atoms with van der Waals surface area (Å²) in [5.74, 6) is 0.902. The second kappa shape index (κ2) is 6.53. The third-order valence-corrected chi connectivity index (χ3v) is 3.97. The van der Waals surface area contributed by atoms with Crippen LogP contribution in [0.2, 0.25) is 0 Å². The highest BCUT2D eigenvalue weighted by atomic mass is 16.5. The number of anilines is 2. The number of benzene rings is 2. The van der Waals surface area contributed by atoms with Crippen LogP contribution < -0.4 is 15.0 Å². The summed E-state index contributed by atoms with van der Waals surface area (Å²) in [6.07, 6.45) is 2.63. The molecule has 0 bridgehead atoms. The summed E-state index contributed by atoms with van der Waals surface area (Å²) in [5.41, 5.74) is 3.71. The van der Waals surface area contributed by atoms with E-state index in [2.05, 4.69) is 46.6 Å². The lowest BCUT2D eigenvalue weighted by Gasteiger charge is -2.18. The van der Waals surface area contributed by atoms with E-state index in [1.807, 2.05) is 12.1 Å². The van der Waals surface area contributed by atoms with Gasteiger partial charge in [0.1, 0.15) is 5.75 Å². The summed E-state index contributed by atoms with van der Waals surface area (Å²) in [6, 6.07) is 16.9. The van der Waals surface area contributed by atoms with Crippen molar-refractivity contribution in [2.24, 2.45) is 0 Å². The van der Waals surface area contributed by atoms with Gasteiger partial charge in [0.25, 0.3) is 0 Å². The van der Waals surface area contributed by atoms with Gasteiger partial charge in [0.15, 0.2) is 0 Å². The molecule has 3 nitrogen and oxygen atoms in total. The number of ether oxygens (including phenoxy) is 1. The fraction of sp³-hybridized carbons (Fsp3) is 0.333. The molecule has 0 amide bonds. The van der Waals surface area contributed by atoms with Crippen LogP contribution in [-0.4, -0.2) is 20.2 Å². The number of hydrogen-bond acceptors (Lipinski definition) is 3. The predicted molar refractivity (Wildman–Crippen MR) is 88.2 cm³/mol. The van der Waals surface area contributed by atoms with Gasteiger partial charge in [-0.1, -0.05) is 12.1 Å². The van der Waals surface area contributed by atoms with Gasteiger partial charge >= 0.3 is 0 Å². The summed E-state index contributed by atoms with van der Waals surface area (Å²) >= 11 is 0. The topological polar surface area (TPSA) is 24.5 Å². The first-order chi connectivity index (χ1) is 10.3. The Morgan fingerprint density at radius 1 is 1.05 bits per heavy atom. The van der Waals surface area contributed by atoms with Crippen molar-refractivity contribution in [3.05, 3.63) is 54.1 Å². The molecule has 0 aliphatic carbocycles. The molecule has 1 N–H and O–H groups in total. The highest BCUT2D eigenvalue weighted by Crippen LogP contribution is 2.22. The molecular weight excluding hydrogens is 260 g/mol. The molecule has 2 aromatic carbocycles. The smallest absolute Gasteiger partial charge is 0.119 e. The minimum absolute atomic E-state index is 0.806. The van der Waals surface area contributed by atoms with Crippen LogP contribution >= 0.6 is 0 Å². The first-order valence-corrected chi connectivity index (χ1v) is 7.57. The second-order valence-electron chi connectivity index (χ2n) is 5.45. The SMILES string of the molecule is COc1cccc(CNc2ccc(N3CCCC3)cc2)c1. The Morgan fingerprint density at radius 3 is 2.52 bits per heavy atom. The zero-order valence-electron chi connectivity index (χ0n) is 12.5. The highest BCUT2D eigenvalue weighted by Gasteiger charge is 2.11. The van der Waals surface area contributed by atoms with Crippen molar-refractivity contribution in [3.63, 3.8) is 0 Å². The summed E-state index contributed by atoms with van der Waals surface area (Å²) in [5, 5.41) is 3.46. The number of methoxy groups -OCH3 is 1. The molecule has 110 valence electrons. The molecule has 0 unspecified atom stereocenters. The van der Waals surface area contributed by atoms with Crippen LogP contribution in [0.1, 0.15) is 18.4 Å². The summed E-state index contributed by atoms with van der Waals surface area (Å²) in [6.45, 7) is 3.19. The second-order valence-corrected chi connectivity index (χ2v) is 5.45. The zero-order chi connectivity index (χ0) is 14.5. The molecule has 1 aliphatic rings. The molecule has 0 atom stereocenters. The van der Waals surface area contributed by atoms with Crippen LogP contribution in [0.25, 0.3) is 0 Å². The largest absolute Gasteiger partial charge is 0.497 e. The molecule has 0 radical (unpaired) electrons. The van der Waals surface area contributed by atoms with Crippen molar-refractivity contribution < 1.29 is 4.74 Å². The molecule has 3 rings (SSSR count). The summed E-state index contributed by atoms with van der Waals surface area (Å²) in [4.78, 5) is 2.45.